The Morgan fingerprint density at radius 2 is 1.82 bits per heavy atom. The van der Waals surface area contributed by atoms with Crippen molar-refractivity contribution >= 4 is 21.8 Å². The van der Waals surface area contributed by atoms with E-state index in [0.717, 1.165) is 11.2 Å². The van der Waals surface area contributed by atoms with Crippen molar-refractivity contribution < 1.29 is 18.6 Å². The molecule has 0 bridgehead atoms. The van der Waals surface area contributed by atoms with Crippen LogP contribution < -0.4 is 14.2 Å². The lowest BCUT2D eigenvalue weighted by molar-refractivity contribution is 0.249. The maximum absolute atomic E-state index is 15.1. The molecule has 1 atom stereocenters. The minimum atomic E-state index is -0.410. The minimum Gasteiger partial charge on any atom is -0.493 e. The molecule has 3 aromatic heterocycles. The average Bonchev–Trinajstić information content (AvgIpc) is 3.49. The van der Waals surface area contributed by atoms with Crippen LogP contribution in [0, 0.1) is 12.7 Å². The second kappa shape index (κ2) is 8.50. The SMILES string of the molecule is COc1cc2c(Oc3ccc4[nH]c(C)cc4c3F)ccnc2cc1OCC(C)n1cccc1. The van der Waals surface area contributed by atoms with Crippen LogP contribution in [0.1, 0.15) is 18.7 Å². The third kappa shape index (κ3) is 3.98. The first-order valence-electron chi connectivity index (χ1n) is 10.7. The monoisotopic (exact) mass is 445 g/mol. The van der Waals surface area contributed by atoms with E-state index >= 15 is 4.39 Å². The van der Waals surface area contributed by atoms with E-state index in [1.54, 1.807) is 31.5 Å². The van der Waals surface area contributed by atoms with Crippen molar-refractivity contribution in [2.45, 2.75) is 19.9 Å². The molecule has 0 fully saturated rings. The molecule has 0 saturated carbocycles. The number of aromatic nitrogens is 3. The number of halogens is 1. The molecule has 0 aliphatic rings. The summed E-state index contributed by atoms with van der Waals surface area (Å²) in [4.78, 5) is 7.59. The Labute approximate surface area is 190 Å². The van der Waals surface area contributed by atoms with E-state index in [1.807, 2.05) is 49.6 Å². The molecule has 0 radical (unpaired) electrons. The second-order valence-corrected chi connectivity index (χ2v) is 8.01. The molecule has 2 aromatic carbocycles. The van der Waals surface area contributed by atoms with Crippen LogP contribution in [0.25, 0.3) is 21.8 Å². The van der Waals surface area contributed by atoms with E-state index < -0.39 is 5.82 Å². The van der Waals surface area contributed by atoms with E-state index in [2.05, 4.69) is 21.5 Å². The summed E-state index contributed by atoms with van der Waals surface area (Å²) in [6, 6.07) is 14.7. The summed E-state index contributed by atoms with van der Waals surface area (Å²) in [7, 11) is 1.59. The van der Waals surface area contributed by atoms with Gasteiger partial charge >= 0.3 is 0 Å². The van der Waals surface area contributed by atoms with Crippen LogP contribution in [-0.2, 0) is 0 Å². The first-order valence-corrected chi connectivity index (χ1v) is 10.7. The summed E-state index contributed by atoms with van der Waals surface area (Å²) < 4.78 is 34.8. The van der Waals surface area contributed by atoms with Crippen LogP contribution in [-0.4, -0.2) is 28.3 Å². The van der Waals surface area contributed by atoms with Gasteiger partial charge in [0.05, 0.1) is 18.7 Å². The molecule has 0 spiro atoms. The molecule has 0 saturated heterocycles. The fourth-order valence-electron chi connectivity index (χ4n) is 3.91. The Balaban J connectivity index is 1.46. The standard InChI is InChI=1S/C26H24FN3O3/c1-16-12-19-20(29-16)6-7-23(26(19)27)33-22-8-9-28-21-14-25(24(31-3)13-18(21)22)32-15-17(2)30-10-4-5-11-30/h4-14,17,29H,15H2,1-3H3. The van der Waals surface area contributed by atoms with Crippen LogP contribution in [0.5, 0.6) is 23.0 Å². The van der Waals surface area contributed by atoms with Crippen LogP contribution in [0.4, 0.5) is 4.39 Å². The number of aryl methyl sites for hydroxylation is 1. The van der Waals surface area contributed by atoms with Crippen LogP contribution in [0.2, 0.25) is 0 Å². The van der Waals surface area contributed by atoms with Gasteiger partial charge in [-0.3, -0.25) is 4.98 Å². The molecule has 0 amide bonds. The Bertz CT molecular complexity index is 1430. The number of pyridine rings is 1. The van der Waals surface area contributed by atoms with E-state index in [0.29, 0.717) is 40.1 Å². The smallest absolute Gasteiger partial charge is 0.175 e. The van der Waals surface area contributed by atoms with E-state index in [9.17, 15) is 0 Å². The highest BCUT2D eigenvalue weighted by atomic mass is 19.1. The summed E-state index contributed by atoms with van der Waals surface area (Å²) in [6.45, 7) is 4.44. The van der Waals surface area contributed by atoms with Gasteiger partial charge in [-0.25, -0.2) is 4.39 Å². The largest absolute Gasteiger partial charge is 0.493 e. The zero-order valence-electron chi connectivity index (χ0n) is 18.6. The molecular formula is C26H24FN3O3. The second-order valence-electron chi connectivity index (χ2n) is 8.01. The maximum Gasteiger partial charge on any atom is 0.175 e. The van der Waals surface area contributed by atoms with E-state index in [1.165, 1.54) is 0 Å². The van der Waals surface area contributed by atoms with Gasteiger partial charge in [0.15, 0.2) is 23.1 Å². The number of nitrogens with zero attached hydrogens (tertiary/aromatic N) is 2. The normalized spacial score (nSPS) is 12.2. The molecule has 6 nitrogen and oxygen atoms in total. The Kier molecular flexibility index (Phi) is 5.38. The number of hydrogen-bond acceptors (Lipinski definition) is 4. The summed E-state index contributed by atoms with van der Waals surface area (Å²) >= 11 is 0. The summed E-state index contributed by atoms with van der Waals surface area (Å²) in [6.07, 6.45) is 5.64. The van der Waals surface area contributed by atoms with Gasteiger partial charge in [-0.15, -0.1) is 0 Å². The van der Waals surface area contributed by atoms with Gasteiger partial charge in [0.2, 0.25) is 0 Å². The highest BCUT2D eigenvalue weighted by molar-refractivity contribution is 5.89. The number of rotatable bonds is 7. The van der Waals surface area contributed by atoms with Gasteiger partial charge in [-0.1, -0.05) is 0 Å². The highest BCUT2D eigenvalue weighted by Gasteiger charge is 2.16. The maximum atomic E-state index is 15.1. The summed E-state index contributed by atoms with van der Waals surface area (Å²) in [5, 5.41) is 1.19. The molecule has 168 valence electrons. The molecule has 5 aromatic rings. The van der Waals surface area contributed by atoms with Gasteiger partial charge in [0.25, 0.3) is 0 Å². The van der Waals surface area contributed by atoms with Gasteiger partial charge in [0, 0.05) is 46.6 Å². The van der Waals surface area contributed by atoms with E-state index in [4.69, 9.17) is 14.2 Å². The number of nitrogens with one attached hydrogen (secondary N) is 1. The first kappa shape index (κ1) is 20.9. The van der Waals surface area contributed by atoms with E-state index in [-0.39, 0.29) is 11.8 Å². The molecule has 0 aliphatic heterocycles. The molecule has 3 heterocycles. The lowest BCUT2D eigenvalue weighted by Gasteiger charge is -2.17. The third-order valence-electron chi connectivity index (χ3n) is 5.66. The van der Waals surface area contributed by atoms with Crippen LogP contribution in [0.15, 0.2) is 67.1 Å². The zero-order chi connectivity index (χ0) is 22.9. The van der Waals surface area contributed by atoms with Crippen molar-refractivity contribution in [1.82, 2.24) is 14.5 Å². The third-order valence-corrected chi connectivity index (χ3v) is 5.66. The molecule has 1 unspecified atom stereocenters. The average molecular weight is 445 g/mol. The van der Waals surface area contributed by atoms with Crippen molar-refractivity contribution in [3.8, 4) is 23.0 Å². The fraction of sp³-hybridized carbons (Fsp3) is 0.192. The Hall–Kier alpha value is -4.00. The molecule has 7 heteroatoms. The van der Waals surface area contributed by atoms with Crippen molar-refractivity contribution in [3.05, 3.63) is 78.6 Å². The Morgan fingerprint density at radius 3 is 2.61 bits per heavy atom. The number of methoxy groups -OCH3 is 1. The van der Waals surface area contributed by atoms with Crippen molar-refractivity contribution in [1.29, 1.82) is 0 Å². The fourth-order valence-corrected chi connectivity index (χ4v) is 3.91. The van der Waals surface area contributed by atoms with Gasteiger partial charge in [-0.2, -0.15) is 0 Å². The summed E-state index contributed by atoms with van der Waals surface area (Å²) in [5.41, 5.74) is 2.28. The van der Waals surface area contributed by atoms with Crippen LogP contribution >= 0.6 is 0 Å². The summed E-state index contributed by atoms with van der Waals surface area (Å²) in [5.74, 6) is 1.36. The minimum absolute atomic E-state index is 0.147. The number of benzene rings is 2. The number of hydrogen-bond donors (Lipinski definition) is 1. The van der Waals surface area contributed by atoms with Gasteiger partial charge in [-0.05, 0) is 56.3 Å². The predicted molar refractivity (Wildman–Crippen MR) is 126 cm³/mol. The topological polar surface area (TPSA) is 61.3 Å². The van der Waals surface area contributed by atoms with Gasteiger partial charge < -0.3 is 23.8 Å². The quantitative estimate of drug-likeness (QED) is 0.315. The predicted octanol–water partition coefficient (Wildman–Crippen LogP) is 6.41. The number of ether oxygens (including phenoxy) is 3. The van der Waals surface area contributed by atoms with Crippen molar-refractivity contribution in [2.75, 3.05) is 13.7 Å². The zero-order valence-corrected chi connectivity index (χ0v) is 18.6. The molecule has 5 rings (SSSR count). The number of aromatic amines is 1. The molecule has 1 N–H and O–H groups in total. The van der Waals surface area contributed by atoms with Crippen molar-refractivity contribution in [3.63, 3.8) is 0 Å². The number of H-pyrrole nitrogens is 1. The lowest BCUT2D eigenvalue weighted by atomic mass is 10.1. The first-order chi connectivity index (χ1) is 16.0. The molecule has 0 aliphatic carbocycles. The van der Waals surface area contributed by atoms with Crippen LogP contribution in [0.3, 0.4) is 0 Å². The molecular weight excluding hydrogens is 421 g/mol. The lowest BCUT2D eigenvalue weighted by Crippen LogP contribution is -2.13. The molecule has 33 heavy (non-hydrogen) atoms. The van der Waals surface area contributed by atoms with Crippen molar-refractivity contribution in [2.24, 2.45) is 0 Å². The van der Waals surface area contributed by atoms with Gasteiger partial charge in [0.1, 0.15) is 12.4 Å². The number of fused-ring (bicyclic) bond motifs is 2. The Morgan fingerprint density at radius 1 is 1.00 bits per heavy atom. The highest BCUT2D eigenvalue weighted by Crippen LogP contribution is 2.38.